The van der Waals surface area contributed by atoms with E-state index < -0.39 is 0 Å². The Hall–Kier alpha value is -1.82. The van der Waals surface area contributed by atoms with E-state index in [1.807, 2.05) is 30.3 Å². The second-order valence-electron chi connectivity index (χ2n) is 5.23. The molecule has 19 heavy (non-hydrogen) atoms. The largest absolute Gasteiger partial charge is 0.353 e. The van der Waals surface area contributed by atoms with Gasteiger partial charge >= 0.3 is 0 Å². The Morgan fingerprint density at radius 1 is 1.21 bits per heavy atom. The number of benzene rings is 1. The molecule has 0 radical (unpaired) electrons. The molecule has 0 saturated heterocycles. The summed E-state index contributed by atoms with van der Waals surface area (Å²) in [5, 5.41) is 11.9. The van der Waals surface area contributed by atoms with Crippen molar-refractivity contribution in [3.05, 3.63) is 35.9 Å². The average molecular weight is 256 g/mol. The zero-order valence-corrected chi connectivity index (χ0v) is 11.1. The van der Waals surface area contributed by atoms with Crippen LogP contribution in [0.1, 0.15) is 37.7 Å². The van der Waals surface area contributed by atoms with Crippen LogP contribution in [0.2, 0.25) is 0 Å². The highest BCUT2D eigenvalue weighted by atomic mass is 16.1. The summed E-state index contributed by atoms with van der Waals surface area (Å²) in [6.45, 7) is 0. The third kappa shape index (κ3) is 4.40. The van der Waals surface area contributed by atoms with Gasteiger partial charge < -0.3 is 5.32 Å². The van der Waals surface area contributed by atoms with E-state index in [2.05, 4.69) is 11.4 Å². The van der Waals surface area contributed by atoms with Crippen molar-refractivity contribution in [3.63, 3.8) is 0 Å². The molecule has 0 aromatic heterocycles. The minimum Gasteiger partial charge on any atom is -0.353 e. The lowest BCUT2D eigenvalue weighted by molar-refractivity contribution is -0.122. The normalized spacial score (nSPS) is 22.5. The van der Waals surface area contributed by atoms with Gasteiger partial charge in [-0.2, -0.15) is 5.26 Å². The van der Waals surface area contributed by atoms with Crippen LogP contribution in [0.25, 0.3) is 0 Å². The molecule has 0 heterocycles. The number of nitrogens with one attached hydrogen (secondary N) is 1. The van der Waals surface area contributed by atoms with Crippen LogP contribution < -0.4 is 5.32 Å². The highest BCUT2D eigenvalue weighted by molar-refractivity contribution is 5.76. The molecule has 1 N–H and O–H groups in total. The predicted molar refractivity (Wildman–Crippen MR) is 74.3 cm³/mol. The van der Waals surface area contributed by atoms with Gasteiger partial charge in [0, 0.05) is 18.4 Å². The number of carbonyl (C=O) groups excluding carboxylic acids is 1. The van der Waals surface area contributed by atoms with Crippen molar-refractivity contribution >= 4 is 5.91 Å². The first-order valence-electron chi connectivity index (χ1n) is 7.01. The summed E-state index contributed by atoms with van der Waals surface area (Å²) in [6, 6.07) is 12.7. The Morgan fingerprint density at radius 2 is 1.89 bits per heavy atom. The number of amides is 1. The van der Waals surface area contributed by atoms with E-state index in [-0.39, 0.29) is 17.9 Å². The maximum absolute atomic E-state index is 11.9. The Bertz CT molecular complexity index is 442. The Labute approximate surface area is 114 Å². The zero-order chi connectivity index (χ0) is 13.5. The van der Waals surface area contributed by atoms with Gasteiger partial charge in [0.15, 0.2) is 0 Å². The van der Waals surface area contributed by atoms with Gasteiger partial charge in [-0.05, 0) is 37.7 Å². The molecule has 1 aliphatic rings. The minimum absolute atomic E-state index is 0.129. The van der Waals surface area contributed by atoms with Crippen molar-refractivity contribution in [2.24, 2.45) is 5.92 Å². The van der Waals surface area contributed by atoms with Gasteiger partial charge in [0.25, 0.3) is 0 Å². The second kappa shape index (κ2) is 6.94. The molecule has 1 aliphatic carbocycles. The van der Waals surface area contributed by atoms with Crippen molar-refractivity contribution in [2.75, 3.05) is 0 Å². The fourth-order valence-corrected chi connectivity index (χ4v) is 2.57. The number of nitrogens with zero attached hydrogens (tertiary/aromatic N) is 1. The van der Waals surface area contributed by atoms with Crippen LogP contribution in [0.5, 0.6) is 0 Å². The maximum Gasteiger partial charge on any atom is 0.220 e. The summed E-state index contributed by atoms with van der Waals surface area (Å²) in [5.74, 6) is 0.321. The van der Waals surface area contributed by atoms with Crippen LogP contribution in [0, 0.1) is 17.2 Å². The molecule has 1 aromatic rings. The first-order valence-corrected chi connectivity index (χ1v) is 7.01. The number of hydrogen-bond donors (Lipinski definition) is 1. The van der Waals surface area contributed by atoms with Gasteiger partial charge in [-0.1, -0.05) is 30.3 Å². The molecule has 0 aliphatic heterocycles. The van der Waals surface area contributed by atoms with Crippen LogP contribution in [0.4, 0.5) is 0 Å². The summed E-state index contributed by atoms with van der Waals surface area (Å²) in [7, 11) is 0. The standard InChI is InChI=1S/C16H20N2O/c17-12-14-6-9-15(10-7-14)18-16(19)11-8-13-4-2-1-3-5-13/h1-5,14-15H,6-11H2,(H,18,19). The number of rotatable bonds is 4. The molecular weight excluding hydrogens is 236 g/mol. The van der Waals surface area contributed by atoms with Crippen LogP contribution in [0.15, 0.2) is 30.3 Å². The van der Waals surface area contributed by atoms with Crippen LogP contribution in [-0.4, -0.2) is 11.9 Å². The molecule has 100 valence electrons. The first kappa shape index (κ1) is 13.6. The molecule has 0 atom stereocenters. The minimum atomic E-state index is 0.129. The third-order valence-corrected chi connectivity index (χ3v) is 3.76. The van der Waals surface area contributed by atoms with Gasteiger partial charge in [0.05, 0.1) is 6.07 Å². The van der Waals surface area contributed by atoms with Gasteiger partial charge in [0.1, 0.15) is 0 Å². The highest BCUT2D eigenvalue weighted by Crippen LogP contribution is 2.23. The maximum atomic E-state index is 11.9. The van der Waals surface area contributed by atoms with Gasteiger partial charge in [-0.25, -0.2) is 0 Å². The molecule has 1 aromatic carbocycles. The van der Waals surface area contributed by atoms with E-state index in [4.69, 9.17) is 5.26 Å². The van der Waals surface area contributed by atoms with Crippen LogP contribution in [-0.2, 0) is 11.2 Å². The van der Waals surface area contributed by atoms with E-state index in [0.29, 0.717) is 6.42 Å². The molecule has 0 spiro atoms. The third-order valence-electron chi connectivity index (χ3n) is 3.76. The summed E-state index contributed by atoms with van der Waals surface area (Å²) >= 11 is 0. The summed E-state index contributed by atoms with van der Waals surface area (Å²) in [6.07, 6.45) is 5.05. The van der Waals surface area contributed by atoms with Crippen LogP contribution in [0.3, 0.4) is 0 Å². The number of aryl methyl sites for hydroxylation is 1. The van der Waals surface area contributed by atoms with E-state index >= 15 is 0 Å². The predicted octanol–water partition coefficient (Wildman–Crippen LogP) is 2.82. The van der Waals surface area contributed by atoms with Gasteiger partial charge in [-0.3, -0.25) is 4.79 Å². The highest BCUT2D eigenvalue weighted by Gasteiger charge is 2.21. The van der Waals surface area contributed by atoms with Crippen molar-refractivity contribution in [1.29, 1.82) is 5.26 Å². The summed E-state index contributed by atoms with van der Waals surface area (Å²) < 4.78 is 0. The molecule has 3 heteroatoms. The van der Waals surface area contributed by atoms with E-state index in [0.717, 1.165) is 32.1 Å². The summed E-state index contributed by atoms with van der Waals surface area (Å²) in [5.41, 5.74) is 1.20. The molecule has 2 rings (SSSR count). The molecule has 3 nitrogen and oxygen atoms in total. The number of carbonyl (C=O) groups is 1. The van der Waals surface area contributed by atoms with Crippen molar-refractivity contribution < 1.29 is 4.79 Å². The van der Waals surface area contributed by atoms with Gasteiger partial charge in [-0.15, -0.1) is 0 Å². The molecule has 1 amide bonds. The Morgan fingerprint density at radius 3 is 2.53 bits per heavy atom. The van der Waals surface area contributed by atoms with E-state index in [1.54, 1.807) is 0 Å². The lowest BCUT2D eigenvalue weighted by atomic mass is 9.87. The topological polar surface area (TPSA) is 52.9 Å². The molecule has 1 saturated carbocycles. The van der Waals surface area contributed by atoms with E-state index in [9.17, 15) is 4.79 Å². The Kier molecular flexibility index (Phi) is 4.97. The summed E-state index contributed by atoms with van der Waals surface area (Å²) in [4.78, 5) is 11.9. The zero-order valence-electron chi connectivity index (χ0n) is 11.1. The monoisotopic (exact) mass is 256 g/mol. The van der Waals surface area contributed by atoms with Gasteiger partial charge in [0.2, 0.25) is 5.91 Å². The van der Waals surface area contributed by atoms with Crippen molar-refractivity contribution in [3.8, 4) is 6.07 Å². The first-order chi connectivity index (χ1) is 9.28. The fraction of sp³-hybridized carbons (Fsp3) is 0.500. The Balaban J connectivity index is 1.69. The molecular formula is C16H20N2O. The smallest absolute Gasteiger partial charge is 0.220 e. The second-order valence-corrected chi connectivity index (χ2v) is 5.23. The lowest BCUT2D eigenvalue weighted by Gasteiger charge is -2.25. The quantitative estimate of drug-likeness (QED) is 0.900. The average Bonchev–Trinajstić information content (AvgIpc) is 2.47. The SMILES string of the molecule is N#CC1CCC(NC(=O)CCc2ccccc2)CC1. The van der Waals surface area contributed by atoms with Crippen molar-refractivity contribution in [1.82, 2.24) is 5.32 Å². The van der Waals surface area contributed by atoms with Crippen LogP contribution >= 0.6 is 0 Å². The van der Waals surface area contributed by atoms with Crippen molar-refractivity contribution in [2.45, 2.75) is 44.6 Å². The number of hydrogen-bond acceptors (Lipinski definition) is 2. The number of nitriles is 1. The lowest BCUT2D eigenvalue weighted by Crippen LogP contribution is -2.37. The molecule has 1 fully saturated rings. The fourth-order valence-electron chi connectivity index (χ4n) is 2.57. The molecule has 0 unspecified atom stereocenters. The van der Waals surface area contributed by atoms with E-state index in [1.165, 1.54) is 5.56 Å². The molecule has 0 bridgehead atoms.